The van der Waals surface area contributed by atoms with Gasteiger partial charge >= 0.3 is 5.97 Å². The molecule has 0 aromatic carbocycles. The number of aromatic nitrogens is 2. The number of aryl methyl sites for hydroxylation is 1. The summed E-state index contributed by atoms with van der Waals surface area (Å²) < 4.78 is 0. The number of hydrogen-bond donors (Lipinski definition) is 2. The lowest BCUT2D eigenvalue weighted by atomic mass is 10.2. The molecular weight excluding hydrogens is 262 g/mol. The molecule has 0 aliphatic rings. The van der Waals surface area contributed by atoms with Gasteiger partial charge in [-0.15, -0.1) is 11.3 Å². The second-order valence-corrected chi connectivity index (χ2v) is 5.70. The van der Waals surface area contributed by atoms with E-state index in [4.69, 9.17) is 5.11 Å². The van der Waals surface area contributed by atoms with Crippen LogP contribution in [0.1, 0.15) is 27.2 Å². The predicted molar refractivity (Wildman–Crippen MR) is 74.8 cm³/mol. The van der Waals surface area contributed by atoms with Crippen molar-refractivity contribution in [2.45, 2.75) is 26.3 Å². The summed E-state index contributed by atoms with van der Waals surface area (Å²) in [6.07, 6.45) is 2.31. The van der Waals surface area contributed by atoms with Gasteiger partial charge in [0.2, 0.25) is 5.95 Å². The number of nitrogens with one attached hydrogen (secondary N) is 1. The molecule has 0 saturated carbocycles. The quantitative estimate of drug-likeness (QED) is 0.878. The van der Waals surface area contributed by atoms with E-state index in [-0.39, 0.29) is 11.7 Å². The van der Waals surface area contributed by atoms with Crippen molar-refractivity contribution < 1.29 is 9.90 Å². The van der Waals surface area contributed by atoms with Crippen LogP contribution in [0.5, 0.6) is 0 Å². The average molecular weight is 277 g/mol. The van der Waals surface area contributed by atoms with Crippen molar-refractivity contribution in [2.24, 2.45) is 0 Å². The lowest BCUT2D eigenvalue weighted by Crippen LogP contribution is -2.20. The van der Waals surface area contributed by atoms with Crippen LogP contribution in [0.25, 0.3) is 0 Å². The van der Waals surface area contributed by atoms with E-state index < -0.39 is 5.97 Å². The Balaban J connectivity index is 2.00. The van der Waals surface area contributed by atoms with Crippen molar-refractivity contribution in [2.75, 3.05) is 5.32 Å². The second-order valence-electron chi connectivity index (χ2n) is 4.33. The minimum atomic E-state index is -1.05. The first-order valence-corrected chi connectivity index (χ1v) is 6.74. The second kappa shape index (κ2) is 5.79. The van der Waals surface area contributed by atoms with Gasteiger partial charge in [-0.2, -0.15) is 0 Å². The molecule has 5 nitrogen and oxygen atoms in total. The molecular formula is C13H15N3O2S. The Kier molecular flexibility index (Phi) is 4.11. The SMILES string of the molecule is Cc1ccc(CC(C)Nc2nccc(C(=O)O)n2)s1. The summed E-state index contributed by atoms with van der Waals surface area (Å²) in [7, 11) is 0. The van der Waals surface area contributed by atoms with E-state index in [1.807, 2.05) is 6.92 Å². The van der Waals surface area contributed by atoms with Crippen LogP contribution in [0.3, 0.4) is 0 Å². The monoisotopic (exact) mass is 277 g/mol. The number of carboxylic acid groups (broad SMARTS) is 1. The minimum absolute atomic E-state index is 0.00309. The van der Waals surface area contributed by atoms with Gasteiger partial charge in [0.1, 0.15) is 0 Å². The molecule has 6 heteroatoms. The van der Waals surface area contributed by atoms with Crippen molar-refractivity contribution >= 4 is 23.3 Å². The fraction of sp³-hybridized carbons (Fsp3) is 0.308. The Morgan fingerprint density at radius 3 is 2.89 bits per heavy atom. The Morgan fingerprint density at radius 1 is 1.47 bits per heavy atom. The molecule has 0 saturated heterocycles. The van der Waals surface area contributed by atoms with E-state index >= 15 is 0 Å². The molecule has 0 spiro atoms. The molecule has 19 heavy (non-hydrogen) atoms. The molecule has 2 aromatic rings. The van der Waals surface area contributed by atoms with Gasteiger partial charge in [-0.05, 0) is 32.0 Å². The van der Waals surface area contributed by atoms with Gasteiger partial charge < -0.3 is 10.4 Å². The largest absolute Gasteiger partial charge is 0.477 e. The molecule has 0 radical (unpaired) electrons. The van der Waals surface area contributed by atoms with Gasteiger partial charge in [-0.3, -0.25) is 0 Å². The van der Waals surface area contributed by atoms with E-state index in [2.05, 4.69) is 34.3 Å². The van der Waals surface area contributed by atoms with Gasteiger partial charge in [-0.1, -0.05) is 0 Å². The Hall–Kier alpha value is -1.95. The summed E-state index contributed by atoms with van der Waals surface area (Å²) in [5.41, 5.74) is -0.00309. The van der Waals surface area contributed by atoms with E-state index in [1.54, 1.807) is 11.3 Å². The van der Waals surface area contributed by atoms with Crippen LogP contribution in [0.15, 0.2) is 24.4 Å². The molecule has 0 fully saturated rings. The maximum absolute atomic E-state index is 10.8. The number of aromatic carboxylic acids is 1. The number of carboxylic acids is 1. The average Bonchev–Trinajstić information content (AvgIpc) is 2.74. The predicted octanol–water partition coefficient (Wildman–Crippen LogP) is 2.59. The first-order chi connectivity index (χ1) is 9.04. The molecule has 1 unspecified atom stereocenters. The van der Waals surface area contributed by atoms with Gasteiger partial charge in [-0.25, -0.2) is 14.8 Å². The Labute approximate surface area is 115 Å². The zero-order valence-corrected chi connectivity index (χ0v) is 11.6. The lowest BCUT2D eigenvalue weighted by molar-refractivity contribution is 0.0690. The van der Waals surface area contributed by atoms with Crippen molar-refractivity contribution in [3.63, 3.8) is 0 Å². The molecule has 0 bridgehead atoms. The van der Waals surface area contributed by atoms with Gasteiger partial charge in [0.05, 0.1) is 0 Å². The number of thiophene rings is 1. The third-order valence-corrected chi connectivity index (χ3v) is 3.58. The van der Waals surface area contributed by atoms with Crippen LogP contribution < -0.4 is 5.32 Å². The highest BCUT2D eigenvalue weighted by Crippen LogP contribution is 2.17. The van der Waals surface area contributed by atoms with E-state index in [0.29, 0.717) is 5.95 Å². The molecule has 100 valence electrons. The number of anilines is 1. The molecule has 2 rings (SSSR count). The first-order valence-electron chi connectivity index (χ1n) is 5.93. The summed E-state index contributed by atoms with van der Waals surface area (Å²) in [4.78, 5) is 21.4. The summed E-state index contributed by atoms with van der Waals surface area (Å²) in [5, 5.41) is 12.0. The first kappa shape index (κ1) is 13.5. The summed E-state index contributed by atoms with van der Waals surface area (Å²) in [6, 6.07) is 5.71. The number of nitrogens with zero attached hydrogens (tertiary/aromatic N) is 2. The smallest absolute Gasteiger partial charge is 0.354 e. The summed E-state index contributed by atoms with van der Waals surface area (Å²) in [5.74, 6) is -0.701. The van der Waals surface area contributed by atoms with E-state index in [0.717, 1.165) is 6.42 Å². The minimum Gasteiger partial charge on any atom is -0.477 e. The highest BCUT2D eigenvalue weighted by atomic mass is 32.1. The van der Waals surface area contributed by atoms with E-state index in [9.17, 15) is 4.79 Å². The fourth-order valence-corrected chi connectivity index (χ4v) is 2.73. The zero-order chi connectivity index (χ0) is 13.8. The fourth-order valence-electron chi connectivity index (χ4n) is 1.72. The highest BCUT2D eigenvalue weighted by molar-refractivity contribution is 7.11. The van der Waals surface area contributed by atoms with Crippen LogP contribution in [0, 0.1) is 6.92 Å². The van der Waals surface area contributed by atoms with Crippen LogP contribution in [-0.2, 0) is 6.42 Å². The third-order valence-electron chi connectivity index (χ3n) is 2.55. The van der Waals surface area contributed by atoms with Crippen LogP contribution in [-0.4, -0.2) is 27.1 Å². The summed E-state index contributed by atoms with van der Waals surface area (Å²) >= 11 is 1.76. The number of hydrogen-bond acceptors (Lipinski definition) is 5. The Bertz CT molecular complexity index is 583. The van der Waals surface area contributed by atoms with Crippen LogP contribution in [0.4, 0.5) is 5.95 Å². The normalized spacial score (nSPS) is 12.1. The molecule has 0 aliphatic carbocycles. The van der Waals surface area contributed by atoms with Crippen LogP contribution in [0.2, 0.25) is 0 Å². The maximum atomic E-state index is 10.8. The Morgan fingerprint density at radius 2 is 2.26 bits per heavy atom. The molecule has 0 amide bonds. The number of carbonyl (C=O) groups is 1. The maximum Gasteiger partial charge on any atom is 0.354 e. The highest BCUT2D eigenvalue weighted by Gasteiger charge is 2.09. The zero-order valence-electron chi connectivity index (χ0n) is 10.8. The topological polar surface area (TPSA) is 75.1 Å². The standard InChI is InChI=1S/C13H15N3O2S/c1-8(7-10-4-3-9(2)19-10)15-13-14-6-5-11(16-13)12(17)18/h3-6,8H,7H2,1-2H3,(H,17,18)(H,14,15,16). The van der Waals surface area contributed by atoms with Gasteiger partial charge in [0.25, 0.3) is 0 Å². The molecule has 1 atom stereocenters. The summed E-state index contributed by atoms with van der Waals surface area (Å²) in [6.45, 7) is 4.09. The molecule has 2 aromatic heterocycles. The van der Waals surface area contributed by atoms with Gasteiger partial charge in [0, 0.05) is 28.4 Å². The van der Waals surface area contributed by atoms with Crippen LogP contribution >= 0.6 is 11.3 Å². The molecule has 0 aliphatic heterocycles. The van der Waals surface area contributed by atoms with Gasteiger partial charge in [0.15, 0.2) is 5.69 Å². The van der Waals surface area contributed by atoms with E-state index in [1.165, 1.54) is 22.0 Å². The molecule has 2 heterocycles. The van der Waals surface area contributed by atoms with Crippen molar-refractivity contribution in [1.82, 2.24) is 9.97 Å². The van der Waals surface area contributed by atoms with Crippen molar-refractivity contribution in [3.05, 3.63) is 39.8 Å². The van der Waals surface area contributed by atoms with Crippen molar-refractivity contribution in [3.8, 4) is 0 Å². The molecule has 2 N–H and O–H groups in total. The number of rotatable bonds is 5. The lowest BCUT2D eigenvalue weighted by Gasteiger charge is -2.12. The van der Waals surface area contributed by atoms with Crippen molar-refractivity contribution in [1.29, 1.82) is 0 Å². The third kappa shape index (κ3) is 3.75.